The number of hydrogen-bond donors (Lipinski definition) is 2. The molecule has 1 saturated carbocycles. The van der Waals surface area contributed by atoms with Crippen LogP contribution in [0.1, 0.15) is 19.3 Å². The van der Waals surface area contributed by atoms with Crippen molar-refractivity contribution >= 4 is 28.9 Å². The van der Waals surface area contributed by atoms with Gasteiger partial charge in [0.05, 0.1) is 16.8 Å². The number of halogens is 1. The Morgan fingerprint density at radius 3 is 2.79 bits per heavy atom. The first-order valence-corrected chi connectivity index (χ1v) is 6.73. The molecule has 1 aromatic rings. The molecule has 1 unspecified atom stereocenters. The van der Waals surface area contributed by atoms with Crippen molar-refractivity contribution in [2.24, 2.45) is 5.92 Å². The van der Waals surface area contributed by atoms with Gasteiger partial charge in [0.1, 0.15) is 5.76 Å². The molecular formula is C14H15ClN2O2. The minimum Gasteiger partial charge on any atom is -0.510 e. The molecule has 1 amide bonds. The minimum absolute atomic E-state index is 0.143. The van der Waals surface area contributed by atoms with E-state index < -0.39 is 0 Å². The largest absolute Gasteiger partial charge is 0.510 e. The second-order valence-electron chi connectivity index (χ2n) is 5.18. The molecule has 1 aliphatic heterocycles. The van der Waals surface area contributed by atoms with Crippen LogP contribution >= 0.6 is 11.6 Å². The third kappa shape index (κ3) is 2.28. The zero-order valence-electron chi connectivity index (χ0n) is 10.3. The molecule has 1 heterocycles. The Hall–Kier alpha value is -1.68. The van der Waals surface area contributed by atoms with Crippen molar-refractivity contribution in [2.45, 2.75) is 25.3 Å². The van der Waals surface area contributed by atoms with E-state index in [1.165, 1.54) is 18.9 Å². The number of rotatable bonds is 3. The highest BCUT2D eigenvalue weighted by molar-refractivity contribution is 6.33. The summed E-state index contributed by atoms with van der Waals surface area (Å²) >= 11 is 6.00. The van der Waals surface area contributed by atoms with Crippen LogP contribution in [0.25, 0.3) is 0 Å². The highest BCUT2D eigenvalue weighted by Crippen LogP contribution is 2.39. The van der Waals surface area contributed by atoms with Gasteiger partial charge in [-0.15, -0.1) is 0 Å². The van der Waals surface area contributed by atoms with Gasteiger partial charge >= 0.3 is 0 Å². The van der Waals surface area contributed by atoms with E-state index in [-0.39, 0.29) is 17.7 Å². The van der Waals surface area contributed by atoms with E-state index >= 15 is 0 Å². The number of nitrogen functional groups attached to an aromatic ring is 1. The third-order valence-electron chi connectivity index (χ3n) is 3.68. The highest BCUT2D eigenvalue weighted by Gasteiger charge is 2.38. The standard InChI is InChI=1S/C14H15ClN2O2/c15-10-6-9(3-4-11(10)16)17-12(5-8-1-2-8)13(18)7-14(17)19/h3-4,6-8,12,18H,1-2,5,16H2. The quantitative estimate of drug-likeness (QED) is 0.836. The van der Waals surface area contributed by atoms with Gasteiger partial charge in [0.2, 0.25) is 0 Å². The zero-order valence-corrected chi connectivity index (χ0v) is 11.1. The smallest absolute Gasteiger partial charge is 0.255 e. The molecule has 4 nitrogen and oxygen atoms in total. The summed E-state index contributed by atoms with van der Waals surface area (Å²) < 4.78 is 0. The second kappa shape index (κ2) is 4.46. The fourth-order valence-electron chi connectivity index (χ4n) is 2.45. The number of carbonyl (C=O) groups is 1. The van der Waals surface area contributed by atoms with E-state index in [2.05, 4.69) is 0 Å². The number of anilines is 2. The molecule has 3 rings (SSSR count). The molecule has 0 radical (unpaired) electrons. The van der Waals surface area contributed by atoms with Gasteiger partial charge in [-0.3, -0.25) is 9.69 Å². The lowest BCUT2D eigenvalue weighted by Gasteiger charge is -2.26. The Labute approximate surface area is 116 Å². The summed E-state index contributed by atoms with van der Waals surface area (Å²) in [5, 5.41) is 10.4. The number of aliphatic hydroxyl groups excluding tert-OH is 1. The summed E-state index contributed by atoms with van der Waals surface area (Å²) in [6.45, 7) is 0. The number of amides is 1. The maximum Gasteiger partial charge on any atom is 0.255 e. The van der Waals surface area contributed by atoms with Crippen LogP contribution in [-0.4, -0.2) is 17.1 Å². The van der Waals surface area contributed by atoms with Crippen LogP contribution in [-0.2, 0) is 4.79 Å². The van der Waals surface area contributed by atoms with E-state index in [9.17, 15) is 9.90 Å². The summed E-state index contributed by atoms with van der Waals surface area (Å²) in [5.74, 6) is 0.548. The summed E-state index contributed by atoms with van der Waals surface area (Å²) in [5.41, 5.74) is 6.83. The fourth-order valence-corrected chi connectivity index (χ4v) is 2.62. The lowest BCUT2D eigenvalue weighted by atomic mass is 10.1. The van der Waals surface area contributed by atoms with Crippen molar-refractivity contribution in [1.29, 1.82) is 0 Å². The number of carbonyl (C=O) groups excluding carboxylic acids is 1. The molecule has 2 aliphatic rings. The first-order valence-electron chi connectivity index (χ1n) is 6.35. The van der Waals surface area contributed by atoms with Crippen LogP contribution in [0.5, 0.6) is 0 Å². The fraction of sp³-hybridized carbons (Fsp3) is 0.357. The molecule has 0 saturated heterocycles. The van der Waals surface area contributed by atoms with Gasteiger partial charge < -0.3 is 10.8 Å². The number of aliphatic hydroxyl groups is 1. The molecule has 5 heteroatoms. The summed E-state index contributed by atoms with van der Waals surface area (Å²) in [6.07, 6.45) is 4.44. The molecule has 0 bridgehead atoms. The Bertz CT molecular complexity index is 567. The number of nitrogens with two attached hydrogens (primary N) is 1. The van der Waals surface area contributed by atoms with Crippen molar-refractivity contribution in [2.75, 3.05) is 10.6 Å². The van der Waals surface area contributed by atoms with Gasteiger partial charge in [-0.1, -0.05) is 24.4 Å². The molecule has 1 atom stereocenters. The van der Waals surface area contributed by atoms with Crippen molar-refractivity contribution in [3.05, 3.63) is 35.1 Å². The second-order valence-corrected chi connectivity index (χ2v) is 5.59. The molecule has 3 N–H and O–H groups in total. The highest BCUT2D eigenvalue weighted by atomic mass is 35.5. The maximum atomic E-state index is 12.0. The maximum absolute atomic E-state index is 12.0. The van der Waals surface area contributed by atoms with Crippen molar-refractivity contribution in [3.8, 4) is 0 Å². The lowest BCUT2D eigenvalue weighted by molar-refractivity contribution is -0.113. The van der Waals surface area contributed by atoms with E-state index in [1.54, 1.807) is 23.1 Å². The van der Waals surface area contributed by atoms with E-state index in [0.29, 0.717) is 22.3 Å². The van der Waals surface area contributed by atoms with Crippen molar-refractivity contribution in [3.63, 3.8) is 0 Å². The van der Waals surface area contributed by atoms with Gasteiger partial charge in [-0.05, 0) is 30.5 Å². The van der Waals surface area contributed by atoms with Crippen LogP contribution in [0.2, 0.25) is 5.02 Å². The molecule has 100 valence electrons. The SMILES string of the molecule is Nc1ccc(N2C(=O)C=C(O)C2CC2CC2)cc1Cl. The topological polar surface area (TPSA) is 66.6 Å². The molecule has 1 fully saturated rings. The van der Waals surface area contributed by atoms with Crippen LogP contribution in [0.3, 0.4) is 0 Å². The first kappa shape index (κ1) is 12.4. The summed E-state index contributed by atoms with van der Waals surface area (Å²) in [4.78, 5) is 13.6. The van der Waals surface area contributed by atoms with E-state index in [4.69, 9.17) is 17.3 Å². The molecule has 1 aliphatic carbocycles. The van der Waals surface area contributed by atoms with Crippen LogP contribution in [0, 0.1) is 5.92 Å². The van der Waals surface area contributed by atoms with Crippen molar-refractivity contribution < 1.29 is 9.90 Å². The number of hydrogen-bond acceptors (Lipinski definition) is 3. The molecule has 19 heavy (non-hydrogen) atoms. The Balaban J connectivity index is 1.91. The Morgan fingerprint density at radius 1 is 1.42 bits per heavy atom. The average molecular weight is 279 g/mol. The Kier molecular flexibility index (Phi) is 2.90. The summed E-state index contributed by atoms with van der Waals surface area (Å²) in [7, 11) is 0. The zero-order chi connectivity index (χ0) is 13.6. The van der Waals surface area contributed by atoms with Crippen molar-refractivity contribution in [1.82, 2.24) is 0 Å². The van der Waals surface area contributed by atoms with Gasteiger partial charge in [0, 0.05) is 11.8 Å². The van der Waals surface area contributed by atoms with Gasteiger partial charge in [-0.2, -0.15) is 0 Å². The van der Waals surface area contributed by atoms with Gasteiger partial charge in [-0.25, -0.2) is 0 Å². The lowest BCUT2D eigenvalue weighted by Crippen LogP contribution is -2.35. The van der Waals surface area contributed by atoms with Crippen LogP contribution < -0.4 is 10.6 Å². The average Bonchev–Trinajstić information content (AvgIpc) is 3.11. The predicted octanol–water partition coefficient (Wildman–Crippen LogP) is 2.88. The molecule has 0 spiro atoms. The predicted molar refractivity (Wildman–Crippen MR) is 75.2 cm³/mol. The molecular weight excluding hydrogens is 264 g/mol. The number of nitrogens with zero attached hydrogens (tertiary/aromatic N) is 1. The normalized spacial score (nSPS) is 22.8. The van der Waals surface area contributed by atoms with E-state index in [0.717, 1.165) is 6.42 Å². The first-order chi connectivity index (χ1) is 9.06. The molecule has 1 aromatic carbocycles. The number of benzene rings is 1. The molecule has 0 aromatic heterocycles. The minimum atomic E-state index is -0.264. The Morgan fingerprint density at radius 2 is 2.16 bits per heavy atom. The van der Waals surface area contributed by atoms with E-state index in [1.807, 2.05) is 0 Å². The van der Waals surface area contributed by atoms with Gasteiger partial charge in [0.25, 0.3) is 5.91 Å². The van der Waals surface area contributed by atoms with Crippen LogP contribution in [0.15, 0.2) is 30.0 Å². The third-order valence-corrected chi connectivity index (χ3v) is 4.00. The van der Waals surface area contributed by atoms with Crippen LogP contribution in [0.4, 0.5) is 11.4 Å². The monoisotopic (exact) mass is 278 g/mol. The summed E-state index contributed by atoms with van der Waals surface area (Å²) in [6, 6.07) is 4.83. The van der Waals surface area contributed by atoms with Gasteiger partial charge in [0.15, 0.2) is 0 Å².